The first-order chi connectivity index (χ1) is 10.5. The minimum atomic E-state index is -3.50. The molecule has 1 aromatic rings. The van der Waals surface area contributed by atoms with Gasteiger partial charge in [-0.1, -0.05) is 18.2 Å². The fraction of sp³-hybridized carbons (Fsp3) is 0.562. The zero-order chi connectivity index (χ0) is 15.7. The fourth-order valence-electron chi connectivity index (χ4n) is 3.12. The zero-order valence-corrected chi connectivity index (χ0v) is 13.5. The Bertz CT molecular complexity index is 664. The predicted octanol–water partition coefficient (Wildman–Crippen LogP) is 1.56. The summed E-state index contributed by atoms with van der Waals surface area (Å²) in [5, 5.41) is -1.03. The Morgan fingerprint density at radius 2 is 2.18 bits per heavy atom. The molecule has 0 radical (unpaired) electrons. The molecule has 0 aliphatic carbocycles. The molecule has 1 fully saturated rings. The molecule has 1 saturated heterocycles. The van der Waals surface area contributed by atoms with Gasteiger partial charge in [-0.05, 0) is 37.8 Å². The van der Waals surface area contributed by atoms with Crippen molar-refractivity contribution in [2.75, 3.05) is 23.8 Å². The molecule has 120 valence electrons. The fourth-order valence-corrected chi connectivity index (χ4v) is 4.62. The largest absolute Gasteiger partial charge is 0.377 e. The van der Waals surface area contributed by atoms with E-state index >= 15 is 0 Å². The van der Waals surface area contributed by atoms with Gasteiger partial charge in [0.05, 0.1) is 11.9 Å². The maximum atomic E-state index is 12.6. The van der Waals surface area contributed by atoms with Crippen LogP contribution in [0.5, 0.6) is 0 Å². The number of amides is 1. The van der Waals surface area contributed by atoms with Crippen LogP contribution in [0, 0.1) is 0 Å². The first-order valence-corrected chi connectivity index (χ1v) is 9.43. The van der Waals surface area contributed by atoms with Gasteiger partial charge >= 0.3 is 0 Å². The standard InChI is InChI=1S/C16H21NO4S/c1-12(22(19,20)11-14-6-4-10-21-14)16(18)17-9-8-13-5-2-3-7-15(13)17/h2-3,5,7,12,14H,4,6,8-11H2,1H3/t12-,14-/m1/s1. The normalized spacial score (nSPS) is 22.6. The first-order valence-electron chi connectivity index (χ1n) is 7.71. The molecule has 2 aliphatic heterocycles. The number of hydrogen-bond donors (Lipinski definition) is 0. The third-order valence-corrected chi connectivity index (χ3v) is 6.60. The Hall–Kier alpha value is -1.40. The molecule has 3 rings (SSSR count). The number of sulfone groups is 1. The molecule has 0 bridgehead atoms. The second-order valence-electron chi connectivity index (χ2n) is 5.98. The molecule has 0 N–H and O–H groups in total. The minimum Gasteiger partial charge on any atom is -0.377 e. The number of fused-ring (bicyclic) bond motifs is 1. The molecular formula is C16H21NO4S. The van der Waals surface area contributed by atoms with Gasteiger partial charge in [0.25, 0.3) is 0 Å². The number of hydrogen-bond acceptors (Lipinski definition) is 4. The quantitative estimate of drug-likeness (QED) is 0.843. The number of benzene rings is 1. The summed E-state index contributed by atoms with van der Waals surface area (Å²) < 4.78 is 30.3. The maximum Gasteiger partial charge on any atom is 0.245 e. The summed E-state index contributed by atoms with van der Waals surface area (Å²) in [6.45, 7) is 2.66. The monoisotopic (exact) mass is 323 g/mol. The van der Waals surface area contributed by atoms with E-state index in [-0.39, 0.29) is 17.8 Å². The lowest BCUT2D eigenvalue weighted by Gasteiger charge is -2.22. The summed E-state index contributed by atoms with van der Waals surface area (Å²) in [5.41, 5.74) is 1.94. The van der Waals surface area contributed by atoms with Crippen LogP contribution in [0.4, 0.5) is 5.69 Å². The highest BCUT2D eigenvalue weighted by Gasteiger charge is 2.36. The average molecular weight is 323 g/mol. The van der Waals surface area contributed by atoms with Gasteiger partial charge in [-0.25, -0.2) is 8.42 Å². The van der Waals surface area contributed by atoms with Gasteiger partial charge < -0.3 is 9.64 Å². The summed E-state index contributed by atoms with van der Waals surface area (Å²) >= 11 is 0. The number of carbonyl (C=O) groups excluding carboxylic acids is 1. The van der Waals surface area contributed by atoms with Crippen molar-refractivity contribution >= 4 is 21.4 Å². The minimum absolute atomic E-state index is 0.0601. The Labute approximate surface area is 131 Å². The van der Waals surface area contributed by atoms with Crippen molar-refractivity contribution in [3.8, 4) is 0 Å². The average Bonchev–Trinajstić information content (AvgIpc) is 3.14. The highest BCUT2D eigenvalue weighted by atomic mass is 32.2. The second kappa shape index (κ2) is 6.01. The molecular weight excluding hydrogens is 302 g/mol. The van der Waals surface area contributed by atoms with E-state index in [0.29, 0.717) is 13.2 Å². The Balaban J connectivity index is 1.74. The van der Waals surface area contributed by atoms with Gasteiger partial charge in [0.15, 0.2) is 9.84 Å². The lowest BCUT2D eigenvalue weighted by molar-refractivity contribution is -0.117. The number of ether oxygens (including phenoxy) is 1. The van der Waals surface area contributed by atoms with Crippen LogP contribution >= 0.6 is 0 Å². The van der Waals surface area contributed by atoms with Crippen molar-refractivity contribution in [1.82, 2.24) is 0 Å². The van der Waals surface area contributed by atoms with Crippen molar-refractivity contribution in [3.63, 3.8) is 0 Å². The van der Waals surface area contributed by atoms with Crippen LogP contribution in [0.2, 0.25) is 0 Å². The third-order valence-electron chi connectivity index (χ3n) is 4.48. The predicted molar refractivity (Wildman–Crippen MR) is 84.7 cm³/mol. The van der Waals surface area contributed by atoms with Gasteiger partial charge in [-0.15, -0.1) is 0 Å². The SMILES string of the molecule is C[C@H](C(=O)N1CCc2ccccc21)S(=O)(=O)C[C@H]1CCCO1. The topological polar surface area (TPSA) is 63.7 Å². The summed E-state index contributed by atoms with van der Waals surface area (Å²) in [6.07, 6.45) is 2.17. The van der Waals surface area contributed by atoms with Gasteiger partial charge in [-0.2, -0.15) is 0 Å². The van der Waals surface area contributed by atoms with Crippen LogP contribution in [-0.4, -0.2) is 44.6 Å². The highest BCUT2D eigenvalue weighted by Crippen LogP contribution is 2.29. The van der Waals surface area contributed by atoms with E-state index in [4.69, 9.17) is 4.74 Å². The van der Waals surface area contributed by atoms with Crippen LogP contribution in [0.25, 0.3) is 0 Å². The summed E-state index contributed by atoms with van der Waals surface area (Å²) in [6, 6.07) is 7.66. The van der Waals surface area contributed by atoms with Gasteiger partial charge in [-0.3, -0.25) is 4.79 Å². The van der Waals surface area contributed by atoms with Crippen LogP contribution in [0.1, 0.15) is 25.3 Å². The van der Waals surface area contributed by atoms with Crippen LogP contribution in [0.3, 0.4) is 0 Å². The molecule has 2 heterocycles. The molecule has 0 saturated carbocycles. The first kappa shape index (κ1) is 15.5. The van der Waals surface area contributed by atoms with Crippen molar-refractivity contribution < 1.29 is 17.9 Å². The number of nitrogens with zero attached hydrogens (tertiary/aromatic N) is 1. The van der Waals surface area contributed by atoms with E-state index in [0.717, 1.165) is 30.5 Å². The molecule has 5 nitrogen and oxygen atoms in total. The summed E-state index contributed by atoms with van der Waals surface area (Å²) in [5.74, 6) is -0.391. The van der Waals surface area contributed by atoms with Crippen molar-refractivity contribution in [3.05, 3.63) is 29.8 Å². The number of carbonyl (C=O) groups is 1. The molecule has 6 heteroatoms. The smallest absolute Gasteiger partial charge is 0.245 e. The molecule has 0 unspecified atom stereocenters. The van der Waals surface area contributed by atoms with Crippen molar-refractivity contribution in [1.29, 1.82) is 0 Å². The molecule has 1 aromatic carbocycles. The number of rotatable bonds is 4. The van der Waals surface area contributed by atoms with E-state index in [1.807, 2.05) is 24.3 Å². The lowest BCUT2D eigenvalue weighted by Crippen LogP contribution is -2.43. The van der Waals surface area contributed by atoms with Crippen LogP contribution < -0.4 is 4.90 Å². The van der Waals surface area contributed by atoms with E-state index in [9.17, 15) is 13.2 Å². The van der Waals surface area contributed by atoms with Crippen molar-refractivity contribution in [2.24, 2.45) is 0 Å². The van der Waals surface area contributed by atoms with E-state index in [1.54, 1.807) is 4.90 Å². The third kappa shape index (κ3) is 2.90. The molecule has 1 amide bonds. The number of para-hydroxylation sites is 1. The van der Waals surface area contributed by atoms with E-state index < -0.39 is 15.1 Å². The van der Waals surface area contributed by atoms with Gasteiger partial charge in [0.2, 0.25) is 5.91 Å². The van der Waals surface area contributed by atoms with Gasteiger partial charge in [0.1, 0.15) is 5.25 Å². The molecule has 2 atom stereocenters. The Morgan fingerprint density at radius 3 is 2.91 bits per heavy atom. The number of anilines is 1. The second-order valence-corrected chi connectivity index (χ2v) is 8.34. The zero-order valence-electron chi connectivity index (χ0n) is 12.7. The highest BCUT2D eigenvalue weighted by molar-refractivity contribution is 7.92. The lowest BCUT2D eigenvalue weighted by atomic mass is 10.2. The Morgan fingerprint density at radius 1 is 1.41 bits per heavy atom. The summed E-state index contributed by atoms with van der Waals surface area (Å²) in [7, 11) is -3.50. The summed E-state index contributed by atoms with van der Waals surface area (Å²) in [4.78, 5) is 14.2. The van der Waals surface area contributed by atoms with Crippen LogP contribution in [0.15, 0.2) is 24.3 Å². The maximum absolute atomic E-state index is 12.6. The van der Waals surface area contributed by atoms with E-state index in [1.165, 1.54) is 6.92 Å². The van der Waals surface area contributed by atoms with Crippen LogP contribution in [-0.2, 0) is 25.8 Å². The molecule has 2 aliphatic rings. The van der Waals surface area contributed by atoms with E-state index in [2.05, 4.69) is 0 Å². The van der Waals surface area contributed by atoms with Gasteiger partial charge in [0, 0.05) is 18.8 Å². The molecule has 0 spiro atoms. The van der Waals surface area contributed by atoms with Crippen molar-refractivity contribution in [2.45, 2.75) is 37.5 Å². The molecule has 0 aromatic heterocycles. The Kier molecular flexibility index (Phi) is 4.23. The molecule has 22 heavy (non-hydrogen) atoms.